The largest absolute Gasteiger partial charge is 0.481 e. The minimum absolute atomic E-state index is 0.0336. The molecule has 1 rings (SSSR count). The van der Waals surface area contributed by atoms with E-state index in [0.717, 1.165) is 5.56 Å². The Balaban J connectivity index is 2.82. The van der Waals surface area contributed by atoms with Gasteiger partial charge in [0, 0.05) is 21.4 Å². The predicted molar refractivity (Wildman–Crippen MR) is 87.8 cm³/mol. The molecule has 0 aromatic heterocycles. The van der Waals surface area contributed by atoms with E-state index in [9.17, 15) is 13.2 Å². The first-order valence-electron chi connectivity index (χ1n) is 6.33. The van der Waals surface area contributed by atoms with E-state index in [1.807, 2.05) is 6.92 Å². The van der Waals surface area contributed by atoms with Crippen LogP contribution in [0.1, 0.15) is 31.7 Å². The molecule has 0 aliphatic rings. The number of hydrogen-bond acceptors (Lipinski definition) is 3. The van der Waals surface area contributed by atoms with Crippen LogP contribution >= 0.6 is 31.9 Å². The number of rotatable bonds is 7. The maximum Gasteiger partial charge on any atom is 0.303 e. The zero-order valence-electron chi connectivity index (χ0n) is 11.7. The lowest BCUT2D eigenvalue weighted by molar-refractivity contribution is -0.137. The Morgan fingerprint density at radius 2 is 1.95 bits per heavy atom. The number of hydrogen-bond donors (Lipinski definition) is 2. The summed E-state index contributed by atoms with van der Waals surface area (Å²) in [6, 6.07) is 2.95. The lowest BCUT2D eigenvalue weighted by Gasteiger charge is -2.15. The van der Waals surface area contributed by atoms with Gasteiger partial charge >= 0.3 is 5.97 Å². The van der Waals surface area contributed by atoms with Crippen molar-refractivity contribution < 1.29 is 18.3 Å². The molecule has 1 atom stereocenters. The first-order chi connectivity index (χ1) is 9.63. The Labute approximate surface area is 141 Å². The molecule has 21 heavy (non-hydrogen) atoms. The number of carboxylic acid groups (broad SMARTS) is 1. The Morgan fingerprint density at radius 3 is 2.52 bits per heavy atom. The normalized spacial score (nSPS) is 13.1. The molecule has 0 aliphatic heterocycles. The smallest absolute Gasteiger partial charge is 0.303 e. The van der Waals surface area contributed by atoms with Crippen LogP contribution in [0.25, 0.3) is 0 Å². The highest BCUT2D eigenvalue weighted by Gasteiger charge is 2.21. The van der Waals surface area contributed by atoms with Crippen molar-refractivity contribution in [2.45, 2.75) is 44.0 Å². The summed E-state index contributed by atoms with van der Waals surface area (Å²) in [4.78, 5) is 10.6. The van der Waals surface area contributed by atoms with E-state index in [0.29, 0.717) is 21.8 Å². The molecule has 8 heteroatoms. The van der Waals surface area contributed by atoms with Crippen molar-refractivity contribution in [3.05, 3.63) is 26.6 Å². The van der Waals surface area contributed by atoms with Gasteiger partial charge in [0.05, 0.1) is 4.90 Å². The fraction of sp³-hybridized carbons (Fsp3) is 0.462. The molecular formula is C13H17Br2NO4S. The minimum atomic E-state index is -3.65. The monoisotopic (exact) mass is 441 g/mol. The molecule has 0 bridgehead atoms. The van der Waals surface area contributed by atoms with Crippen LogP contribution in [0.3, 0.4) is 0 Å². The van der Waals surface area contributed by atoms with E-state index >= 15 is 0 Å². The van der Waals surface area contributed by atoms with Crippen molar-refractivity contribution in [3.8, 4) is 0 Å². The van der Waals surface area contributed by atoms with Crippen LogP contribution < -0.4 is 4.72 Å². The SMILES string of the molecule is Cc1cc(Br)c(S(=O)(=O)NC(C)CCCC(=O)O)cc1Br. The summed E-state index contributed by atoms with van der Waals surface area (Å²) in [5, 5.41) is 8.58. The summed E-state index contributed by atoms with van der Waals surface area (Å²) < 4.78 is 28.5. The molecule has 0 spiro atoms. The number of aryl methyl sites for hydroxylation is 1. The quantitative estimate of drug-likeness (QED) is 0.677. The molecule has 0 aliphatic carbocycles. The van der Waals surface area contributed by atoms with Gasteiger partial charge < -0.3 is 5.11 Å². The van der Waals surface area contributed by atoms with E-state index in [2.05, 4.69) is 36.6 Å². The Morgan fingerprint density at radius 1 is 1.33 bits per heavy atom. The summed E-state index contributed by atoms with van der Waals surface area (Å²) in [5.41, 5.74) is 0.926. The molecule has 5 nitrogen and oxygen atoms in total. The van der Waals surface area contributed by atoms with Crippen LogP contribution in [0.5, 0.6) is 0 Å². The molecule has 0 saturated carbocycles. The van der Waals surface area contributed by atoms with E-state index < -0.39 is 16.0 Å². The average molecular weight is 443 g/mol. The standard InChI is InChI=1S/C13H17Br2NO4S/c1-8-6-11(15)12(7-10(8)14)21(19,20)16-9(2)4-3-5-13(17)18/h6-7,9,16H,3-5H2,1-2H3,(H,17,18). The molecule has 118 valence electrons. The highest BCUT2D eigenvalue weighted by Crippen LogP contribution is 2.29. The second-order valence-corrected chi connectivity index (χ2v) is 8.23. The van der Waals surface area contributed by atoms with Gasteiger partial charge in [-0.2, -0.15) is 0 Å². The van der Waals surface area contributed by atoms with Crippen molar-refractivity contribution in [1.29, 1.82) is 0 Å². The number of halogens is 2. The third-order valence-electron chi connectivity index (χ3n) is 2.89. The topological polar surface area (TPSA) is 83.5 Å². The predicted octanol–water partition coefficient (Wildman–Crippen LogP) is 3.44. The second-order valence-electron chi connectivity index (χ2n) is 4.84. The second kappa shape index (κ2) is 7.71. The van der Waals surface area contributed by atoms with E-state index in [4.69, 9.17) is 5.11 Å². The van der Waals surface area contributed by atoms with Gasteiger partial charge in [-0.25, -0.2) is 13.1 Å². The molecule has 0 saturated heterocycles. The van der Waals surface area contributed by atoms with E-state index in [1.54, 1.807) is 19.1 Å². The Hall–Kier alpha value is -0.440. The molecule has 2 N–H and O–H groups in total. The zero-order chi connectivity index (χ0) is 16.2. The molecule has 0 amide bonds. The zero-order valence-corrected chi connectivity index (χ0v) is 15.7. The van der Waals surface area contributed by atoms with E-state index in [1.165, 1.54) is 0 Å². The molecule has 0 radical (unpaired) electrons. The number of aliphatic carboxylic acids is 1. The van der Waals surface area contributed by atoms with Gasteiger partial charge in [-0.3, -0.25) is 4.79 Å². The summed E-state index contributed by atoms with van der Waals surface area (Å²) in [6.07, 6.45) is 0.930. The van der Waals surface area contributed by atoms with Crippen LogP contribution in [0, 0.1) is 6.92 Å². The highest BCUT2D eigenvalue weighted by atomic mass is 79.9. The summed E-state index contributed by atoms with van der Waals surface area (Å²) in [5.74, 6) is -0.879. The van der Waals surface area contributed by atoms with Crippen LogP contribution in [0.2, 0.25) is 0 Å². The van der Waals surface area contributed by atoms with Crippen molar-refractivity contribution in [2.24, 2.45) is 0 Å². The molecule has 0 heterocycles. The third kappa shape index (κ3) is 5.69. The lowest BCUT2D eigenvalue weighted by Crippen LogP contribution is -2.32. The van der Waals surface area contributed by atoms with Crippen LogP contribution in [-0.2, 0) is 14.8 Å². The van der Waals surface area contributed by atoms with Gasteiger partial charge in [0.2, 0.25) is 10.0 Å². The minimum Gasteiger partial charge on any atom is -0.481 e. The van der Waals surface area contributed by atoms with Crippen LogP contribution in [0.4, 0.5) is 0 Å². The first kappa shape index (κ1) is 18.6. The summed E-state index contributed by atoms with van der Waals surface area (Å²) in [7, 11) is -3.65. The van der Waals surface area contributed by atoms with Gasteiger partial charge in [0.1, 0.15) is 0 Å². The van der Waals surface area contributed by atoms with Gasteiger partial charge in [-0.05, 0) is 60.3 Å². The molecule has 1 unspecified atom stereocenters. The summed E-state index contributed by atoms with van der Waals surface area (Å²) >= 11 is 6.58. The van der Waals surface area contributed by atoms with Crippen molar-refractivity contribution in [3.63, 3.8) is 0 Å². The Bertz CT molecular complexity index is 631. The lowest BCUT2D eigenvalue weighted by atomic mass is 10.1. The number of carboxylic acids is 1. The number of sulfonamides is 1. The van der Waals surface area contributed by atoms with E-state index in [-0.39, 0.29) is 17.4 Å². The average Bonchev–Trinajstić information content (AvgIpc) is 2.32. The fourth-order valence-electron chi connectivity index (χ4n) is 1.78. The maximum atomic E-state index is 12.3. The van der Waals surface area contributed by atoms with Crippen molar-refractivity contribution in [2.75, 3.05) is 0 Å². The fourth-order valence-corrected chi connectivity index (χ4v) is 4.74. The van der Waals surface area contributed by atoms with Gasteiger partial charge in [-0.15, -0.1) is 0 Å². The van der Waals surface area contributed by atoms with Gasteiger partial charge in [0.15, 0.2) is 0 Å². The molecule has 1 aromatic carbocycles. The van der Waals surface area contributed by atoms with Crippen molar-refractivity contribution in [1.82, 2.24) is 4.72 Å². The molecule has 0 fully saturated rings. The number of benzene rings is 1. The first-order valence-corrected chi connectivity index (χ1v) is 9.40. The summed E-state index contributed by atoms with van der Waals surface area (Å²) in [6.45, 7) is 3.59. The van der Waals surface area contributed by atoms with Gasteiger partial charge in [0.25, 0.3) is 0 Å². The molecule has 1 aromatic rings. The van der Waals surface area contributed by atoms with Crippen LogP contribution in [-0.4, -0.2) is 25.5 Å². The highest BCUT2D eigenvalue weighted by molar-refractivity contribution is 9.11. The van der Waals surface area contributed by atoms with Crippen LogP contribution in [0.15, 0.2) is 26.0 Å². The maximum absolute atomic E-state index is 12.3. The molecular weight excluding hydrogens is 426 g/mol. The van der Waals surface area contributed by atoms with Gasteiger partial charge in [-0.1, -0.05) is 15.9 Å². The van der Waals surface area contributed by atoms with Crippen molar-refractivity contribution >= 4 is 47.9 Å². The number of nitrogens with one attached hydrogen (secondary N) is 1. The number of carbonyl (C=O) groups is 1. The third-order valence-corrected chi connectivity index (χ3v) is 6.29. The Kier molecular flexibility index (Phi) is 6.83.